The lowest BCUT2D eigenvalue weighted by Gasteiger charge is -2.24. The van der Waals surface area contributed by atoms with E-state index in [1.54, 1.807) is 13.2 Å². The van der Waals surface area contributed by atoms with Crippen molar-refractivity contribution in [3.8, 4) is 17.6 Å². The Morgan fingerprint density at radius 1 is 1.50 bits per heavy atom. The molecule has 5 nitrogen and oxygen atoms in total. The van der Waals surface area contributed by atoms with Gasteiger partial charge in [0, 0.05) is 19.4 Å². The van der Waals surface area contributed by atoms with E-state index in [4.69, 9.17) is 21.1 Å². The van der Waals surface area contributed by atoms with Crippen molar-refractivity contribution in [3.05, 3.63) is 23.5 Å². The molecule has 1 aromatic rings. The lowest BCUT2D eigenvalue weighted by molar-refractivity contribution is -0.129. The number of aromatic nitrogens is 1. The van der Waals surface area contributed by atoms with Crippen LogP contribution in [-0.2, 0) is 9.53 Å². The summed E-state index contributed by atoms with van der Waals surface area (Å²) >= 11 is 5.86. The minimum Gasteiger partial charge on any atom is -0.479 e. The van der Waals surface area contributed by atoms with Gasteiger partial charge in [0.05, 0.1) is 16.8 Å². The lowest BCUT2D eigenvalue weighted by atomic mass is 10.1. The SMILES string of the molecule is CCC(Oc1cncc(Cl)c1)C(=O)NC(C)(C)C#CCOC. The minimum atomic E-state index is -0.668. The van der Waals surface area contributed by atoms with Crippen LogP contribution in [0.4, 0.5) is 0 Å². The van der Waals surface area contributed by atoms with E-state index in [0.29, 0.717) is 23.8 Å². The maximum absolute atomic E-state index is 12.3. The Morgan fingerprint density at radius 3 is 2.82 bits per heavy atom. The van der Waals surface area contributed by atoms with Gasteiger partial charge in [0.2, 0.25) is 0 Å². The monoisotopic (exact) mass is 324 g/mol. The summed E-state index contributed by atoms with van der Waals surface area (Å²) in [5.41, 5.74) is -0.668. The van der Waals surface area contributed by atoms with Gasteiger partial charge in [-0.2, -0.15) is 0 Å². The molecular weight excluding hydrogens is 304 g/mol. The summed E-state index contributed by atoms with van der Waals surface area (Å²) in [6, 6.07) is 1.62. The predicted octanol–water partition coefficient (Wildman–Crippen LogP) is 2.44. The van der Waals surface area contributed by atoms with Crippen molar-refractivity contribution in [1.29, 1.82) is 0 Å². The average molecular weight is 325 g/mol. The van der Waals surface area contributed by atoms with Crippen molar-refractivity contribution < 1.29 is 14.3 Å². The van der Waals surface area contributed by atoms with Crippen molar-refractivity contribution >= 4 is 17.5 Å². The fourth-order valence-electron chi connectivity index (χ4n) is 1.69. The van der Waals surface area contributed by atoms with Crippen molar-refractivity contribution in [1.82, 2.24) is 10.3 Å². The molecule has 1 amide bonds. The minimum absolute atomic E-state index is 0.237. The number of carbonyl (C=O) groups excluding carboxylic acids is 1. The Morgan fingerprint density at radius 2 is 2.23 bits per heavy atom. The van der Waals surface area contributed by atoms with Crippen molar-refractivity contribution in [2.75, 3.05) is 13.7 Å². The topological polar surface area (TPSA) is 60.5 Å². The van der Waals surface area contributed by atoms with Crippen molar-refractivity contribution in [3.63, 3.8) is 0 Å². The van der Waals surface area contributed by atoms with Gasteiger partial charge >= 0.3 is 0 Å². The molecule has 0 aliphatic rings. The molecule has 6 heteroatoms. The van der Waals surface area contributed by atoms with E-state index < -0.39 is 11.6 Å². The van der Waals surface area contributed by atoms with Crippen LogP contribution in [0.5, 0.6) is 5.75 Å². The smallest absolute Gasteiger partial charge is 0.262 e. The highest BCUT2D eigenvalue weighted by molar-refractivity contribution is 6.30. The first-order valence-electron chi connectivity index (χ1n) is 6.96. The maximum Gasteiger partial charge on any atom is 0.262 e. The molecule has 1 atom stereocenters. The Bertz CT molecular complexity index is 564. The van der Waals surface area contributed by atoms with Crippen LogP contribution < -0.4 is 10.1 Å². The number of hydrogen-bond acceptors (Lipinski definition) is 4. The molecule has 1 rings (SSSR count). The standard InChI is InChI=1S/C16H21ClN2O3/c1-5-14(22-13-9-12(17)10-18-11-13)15(20)19-16(2,3)7-6-8-21-4/h9-11,14H,5,8H2,1-4H3,(H,19,20). The molecule has 1 heterocycles. The average Bonchev–Trinajstić information content (AvgIpc) is 2.44. The number of pyridine rings is 1. The van der Waals surface area contributed by atoms with Gasteiger partial charge in [-0.05, 0) is 20.3 Å². The fraction of sp³-hybridized carbons (Fsp3) is 0.500. The number of halogens is 1. The molecule has 0 fully saturated rings. The van der Waals surface area contributed by atoms with Crippen molar-refractivity contribution in [2.24, 2.45) is 0 Å². The first-order valence-corrected chi connectivity index (χ1v) is 7.34. The molecule has 0 radical (unpaired) electrons. The number of amides is 1. The normalized spacial score (nSPS) is 12.0. The summed E-state index contributed by atoms with van der Waals surface area (Å²) in [5, 5.41) is 3.31. The second-order valence-electron chi connectivity index (χ2n) is 5.20. The largest absolute Gasteiger partial charge is 0.479 e. The maximum atomic E-state index is 12.3. The highest BCUT2D eigenvalue weighted by atomic mass is 35.5. The molecule has 120 valence electrons. The van der Waals surface area contributed by atoms with Gasteiger partial charge in [-0.15, -0.1) is 0 Å². The molecule has 0 aliphatic heterocycles. The molecule has 1 N–H and O–H groups in total. The summed E-state index contributed by atoms with van der Waals surface area (Å²) in [5.74, 6) is 6.01. The van der Waals surface area contributed by atoms with Gasteiger partial charge in [0.25, 0.3) is 5.91 Å². The van der Waals surface area contributed by atoms with E-state index in [2.05, 4.69) is 22.1 Å². The van der Waals surface area contributed by atoms with E-state index in [1.165, 1.54) is 12.4 Å². The zero-order valence-electron chi connectivity index (χ0n) is 13.3. The van der Waals surface area contributed by atoms with Gasteiger partial charge in [0.15, 0.2) is 6.10 Å². The zero-order valence-corrected chi connectivity index (χ0v) is 14.0. The molecule has 0 saturated heterocycles. The highest BCUT2D eigenvalue weighted by Gasteiger charge is 2.25. The molecule has 1 aromatic heterocycles. The van der Waals surface area contributed by atoms with E-state index in [0.717, 1.165) is 0 Å². The highest BCUT2D eigenvalue weighted by Crippen LogP contribution is 2.17. The Kier molecular flexibility index (Phi) is 7.16. The molecule has 22 heavy (non-hydrogen) atoms. The Hall–Kier alpha value is -1.77. The van der Waals surface area contributed by atoms with Crippen LogP contribution in [-0.4, -0.2) is 36.3 Å². The quantitative estimate of drug-likeness (QED) is 0.816. The number of methoxy groups -OCH3 is 1. The first-order chi connectivity index (χ1) is 10.4. The zero-order chi connectivity index (χ0) is 16.6. The van der Waals surface area contributed by atoms with Gasteiger partial charge in [-0.25, -0.2) is 0 Å². The molecule has 1 unspecified atom stereocenters. The van der Waals surface area contributed by atoms with Crippen LogP contribution in [0.2, 0.25) is 5.02 Å². The van der Waals surface area contributed by atoms with Crippen LogP contribution in [0, 0.1) is 11.8 Å². The molecule has 0 spiro atoms. The summed E-state index contributed by atoms with van der Waals surface area (Å²) in [4.78, 5) is 16.3. The molecule has 0 aromatic carbocycles. The van der Waals surface area contributed by atoms with E-state index in [1.807, 2.05) is 20.8 Å². The number of hydrogen-bond donors (Lipinski definition) is 1. The summed E-state index contributed by atoms with van der Waals surface area (Å²) in [7, 11) is 1.57. The second kappa shape index (κ2) is 8.62. The Labute approximate surface area is 136 Å². The summed E-state index contributed by atoms with van der Waals surface area (Å²) in [6.07, 6.45) is 2.90. The van der Waals surface area contributed by atoms with Crippen molar-refractivity contribution in [2.45, 2.75) is 38.8 Å². The number of nitrogens with zero attached hydrogens (tertiary/aromatic N) is 1. The van der Waals surface area contributed by atoms with Gasteiger partial charge in [0.1, 0.15) is 12.4 Å². The number of nitrogens with one attached hydrogen (secondary N) is 1. The number of ether oxygens (including phenoxy) is 2. The number of carbonyl (C=O) groups is 1. The third-order valence-electron chi connectivity index (χ3n) is 2.67. The third kappa shape index (κ3) is 6.33. The molecule has 0 saturated carbocycles. The van der Waals surface area contributed by atoms with Crippen LogP contribution in [0.3, 0.4) is 0 Å². The van der Waals surface area contributed by atoms with E-state index in [9.17, 15) is 4.79 Å². The number of rotatable bonds is 6. The second-order valence-corrected chi connectivity index (χ2v) is 5.64. The fourth-order valence-corrected chi connectivity index (χ4v) is 1.86. The summed E-state index contributed by atoms with van der Waals surface area (Å²) < 4.78 is 10.5. The summed E-state index contributed by atoms with van der Waals surface area (Å²) in [6.45, 7) is 5.83. The Balaban J connectivity index is 2.70. The van der Waals surface area contributed by atoms with Crippen LogP contribution in [0.25, 0.3) is 0 Å². The first kappa shape index (κ1) is 18.3. The van der Waals surface area contributed by atoms with Gasteiger partial charge in [-0.3, -0.25) is 9.78 Å². The molecule has 0 bridgehead atoms. The third-order valence-corrected chi connectivity index (χ3v) is 2.88. The van der Waals surface area contributed by atoms with Crippen LogP contribution in [0.1, 0.15) is 27.2 Å². The van der Waals surface area contributed by atoms with Crippen LogP contribution in [0.15, 0.2) is 18.5 Å². The van der Waals surface area contributed by atoms with E-state index >= 15 is 0 Å². The van der Waals surface area contributed by atoms with E-state index in [-0.39, 0.29) is 5.91 Å². The molecule has 0 aliphatic carbocycles. The van der Waals surface area contributed by atoms with Gasteiger partial charge < -0.3 is 14.8 Å². The van der Waals surface area contributed by atoms with Crippen LogP contribution >= 0.6 is 11.6 Å². The van der Waals surface area contributed by atoms with Gasteiger partial charge in [-0.1, -0.05) is 30.4 Å². The molecular formula is C16H21ClN2O3. The lowest BCUT2D eigenvalue weighted by Crippen LogP contribution is -2.48. The predicted molar refractivity (Wildman–Crippen MR) is 85.8 cm³/mol.